The molecule has 0 saturated heterocycles. The zero-order valence-electron chi connectivity index (χ0n) is 36.8. The van der Waals surface area contributed by atoms with Gasteiger partial charge < -0.3 is 14.2 Å². The van der Waals surface area contributed by atoms with Gasteiger partial charge in [0.05, 0.1) is 0 Å². The summed E-state index contributed by atoms with van der Waals surface area (Å²) in [6.45, 7) is 6.23. The topological polar surface area (TPSA) is 78.9 Å². The third kappa shape index (κ3) is 43.6. The average Bonchev–Trinajstić information content (AvgIpc) is 3.21. The van der Waals surface area contributed by atoms with Crippen molar-refractivity contribution in [2.24, 2.45) is 0 Å². The standard InChI is InChI=1S/C51H84O6/c1-4-7-10-13-16-19-22-25-26-27-30-32-35-38-41-44-50(53)56-47-48(57-51(54)45-42-39-36-33-29-24-21-18-15-12-9-6-3)46-55-49(52)43-40-37-34-31-28-23-20-17-14-11-8-5-2/h7-13,16-22,48H,4-6,14-15,23-47H2,1-3H3/b10-7-,11-8-,12-9-,16-13-,20-17-,21-18-,22-19-. The van der Waals surface area contributed by atoms with Gasteiger partial charge in [-0.25, -0.2) is 0 Å². The van der Waals surface area contributed by atoms with E-state index in [2.05, 4.69) is 106 Å². The van der Waals surface area contributed by atoms with Gasteiger partial charge in [0.2, 0.25) is 0 Å². The first-order chi connectivity index (χ1) is 28.0. The molecule has 0 fully saturated rings. The molecule has 324 valence electrons. The highest BCUT2D eigenvalue weighted by Gasteiger charge is 2.19. The van der Waals surface area contributed by atoms with Crippen LogP contribution in [0.2, 0.25) is 0 Å². The molecule has 6 heteroatoms. The van der Waals surface area contributed by atoms with Crippen LogP contribution in [-0.4, -0.2) is 37.2 Å². The molecule has 0 amide bonds. The number of hydrogen-bond donors (Lipinski definition) is 0. The van der Waals surface area contributed by atoms with Crippen LogP contribution in [0, 0.1) is 0 Å². The SMILES string of the molecule is CC\C=C/C=C\C=C/CCCCCCCCCC(=O)OCC(COC(=O)CCCCCCC/C=C\C/C=C\CC)OC(=O)CCCCCCC/C=C\C/C=C\CC. The number of carbonyl (C=O) groups excluding carboxylic acids is 3. The largest absolute Gasteiger partial charge is 0.462 e. The van der Waals surface area contributed by atoms with Crippen LogP contribution >= 0.6 is 0 Å². The number of ether oxygens (including phenoxy) is 3. The van der Waals surface area contributed by atoms with Gasteiger partial charge in [-0.2, -0.15) is 0 Å². The van der Waals surface area contributed by atoms with E-state index < -0.39 is 6.10 Å². The van der Waals surface area contributed by atoms with Crippen LogP contribution in [-0.2, 0) is 28.6 Å². The van der Waals surface area contributed by atoms with E-state index in [0.717, 1.165) is 135 Å². The van der Waals surface area contributed by atoms with E-state index in [-0.39, 0.29) is 31.1 Å². The van der Waals surface area contributed by atoms with Crippen molar-refractivity contribution in [2.75, 3.05) is 13.2 Å². The summed E-state index contributed by atoms with van der Waals surface area (Å²) in [7, 11) is 0. The number of unbranched alkanes of at least 4 members (excludes halogenated alkanes) is 17. The molecule has 0 aliphatic rings. The van der Waals surface area contributed by atoms with E-state index in [4.69, 9.17) is 14.2 Å². The van der Waals surface area contributed by atoms with Crippen LogP contribution in [0.1, 0.15) is 201 Å². The van der Waals surface area contributed by atoms with E-state index in [9.17, 15) is 14.4 Å². The van der Waals surface area contributed by atoms with Crippen molar-refractivity contribution >= 4 is 17.9 Å². The van der Waals surface area contributed by atoms with E-state index in [1.807, 2.05) is 0 Å². The van der Waals surface area contributed by atoms with Gasteiger partial charge in [0.1, 0.15) is 13.2 Å². The van der Waals surface area contributed by atoms with Crippen LogP contribution in [0.15, 0.2) is 85.1 Å². The Labute approximate surface area is 350 Å². The Kier molecular flexibility index (Phi) is 42.6. The smallest absolute Gasteiger partial charge is 0.306 e. The molecule has 0 saturated carbocycles. The fourth-order valence-corrected chi connectivity index (χ4v) is 6.05. The Morgan fingerprint density at radius 1 is 0.368 bits per heavy atom. The molecule has 0 spiro atoms. The van der Waals surface area contributed by atoms with E-state index in [0.29, 0.717) is 19.3 Å². The van der Waals surface area contributed by atoms with Gasteiger partial charge in [0.25, 0.3) is 0 Å². The van der Waals surface area contributed by atoms with Gasteiger partial charge in [0, 0.05) is 19.3 Å². The van der Waals surface area contributed by atoms with E-state index in [1.165, 1.54) is 25.7 Å². The van der Waals surface area contributed by atoms with Gasteiger partial charge in [-0.05, 0) is 89.9 Å². The Morgan fingerprint density at radius 2 is 0.719 bits per heavy atom. The predicted molar refractivity (Wildman–Crippen MR) is 242 cm³/mol. The number of allylic oxidation sites excluding steroid dienone is 14. The van der Waals surface area contributed by atoms with Gasteiger partial charge in [-0.3, -0.25) is 14.4 Å². The summed E-state index contributed by atoms with van der Waals surface area (Å²) < 4.78 is 16.7. The predicted octanol–water partition coefficient (Wildman–Crippen LogP) is 14.9. The zero-order chi connectivity index (χ0) is 41.5. The molecular formula is C51H84O6. The van der Waals surface area contributed by atoms with Gasteiger partial charge in [-0.1, -0.05) is 176 Å². The van der Waals surface area contributed by atoms with E-state index in [1.54, 1.807) is 0 Å². The molecule has 0 aromatic rings. The van der Waals surface area contributed by atoms with Gasteiger partial charge in [-0.15, -0.1) is 0 Å². The Hall–Kier alpha value is -3.41. The van der Waals surface area contributed by atoms with Gasteiger partial charge >= 0.3 is 17.9 Å². The molecule has 0 aromatic carbocycles. The first-order valence-electron chi connectivity index (χ1n) is 23.1. The van der Waals surface area contributed by atoms with Crippen molar-refractivity contribution in [2.45, 2.75) is 207 Å². The molecular weight excluding hydrogens is 709 g/mol. The third-order valence-electron chi connectivity index (χ3n) is 9.44. The maximum absolute atomic E-state index is 12.7. The molecule has 0 radical (unpaired) electrons. The highest BCUT2D eigenvalue weighted by atomic mass is 16.6. The summed E-state index contributed by atoms with van der Waals surface area (Å²) in [6.07, 6.45) is 57.1. The summed E-state index contributed by atoms with van der Waals surface area (Å²) in [5, 5.41) is 0. The molecule has 0 N–H and O–H groups in total. The van der Waals surface area contributed by atoms with Crippen LogP contribution < -0.4 is 0 Å². The molecule has 1 unspecified atom stereocenters. The highest BCUT2D eigenvalue weighted by Crippen LogP contribution is 2.13. The monoisotopic (exact) mass is 793 g/mol. The number of esters is 3. The van der Waals surface area contributed by atoms with Crippen LogP contribution in [0.25, 0.3) is 0 Å². The molecule has 6 nitrogen and oxygen atoms in total. The van der Waals surface area contributed by atoms with Crippen molar-refractivity contribution in [3.8, 4) is 0 Å². The molecule has 1 atom stereocenters. The molecule has 0 heterocycles. The summed E-state index contributed by atoms with van der Waals surface area (Å²) in [5.41, 5.74) is 0. The quantitative estimate of drug-likeness (QED) is 0.0202. The summed E-state index contributed by atoms with van der Waals surface area (Å²) in [5.74, 6) is -0.943. The second kappa shape index (κ2) is 45.3. The lowest BCUT2D eigenvalue weighted by molar-refractivity contribution is -0.167. The number of rotatable bonds is 40. The second-order valence-corrected chi connectivity index (χ2v) is 14.9. The molecule has 0 bridgehead atoms. The molecule has 57 heavy (non-hydrogen) atoms. The minimum atomic E-state index is -0.793. The summed E-state index contributed by atoms with van der Waals surface area (Å²) in [6, 6.07) is 0. The first kappa shape index (κ1) is 53.6. The maximum atomic E-state index is 12.7. The van der Waals surface area contributed by atoms with Crippen molar-refractivity contribution in [3.05, 3.63) is 85.1 Å². The Bertz CT molecular complexity index is 1140. The van der Waals surface area contributed by atoms with Crippen LogP contribution in [0.5, 0.6) is 0 Å². The normalized spacial score (nSPS) is 12.8. The van der Waals surface area contributed by atoms with Crippen molar-refractivity contribution < 1.29 is 28.6 Å². The molecule has 0 aromatic heterocycles. The van der Waals surface area contributed by atoms with Crippen molar-refractivity contribution in [1.29, 1.82) is 0 Å². The summed E-state index contributed by atoms with van der Waals surface area (Å²) in [4.78, 5) is 37.8. The Balaban J connectivity index is 4.44. The molecule has 0 aliphatic heterocycles. The van der Waals surface area contributed by atoms with E-state index >= 15 is 0 Å². The minimum Gasteiger partial charge on any atom is -0.462 e. The lowest BCUT2D eigenvalue weighted by atomic mass is 10.1. The second-order valence-electron chi connectivity index (χ2n) is 14.9. The van der Waals surface area contributed by atoms with Crippen LogP contribution in [0.3, 0.4) is 0 Å². The minimum absolute atomic E-state index is 0.0946. The lowest BCUT2D eigenvalue weighted by Gasteiger charge is -2.18. The molecule has 0 aliphatic carbocycles. The lowest BCUT2D eigenvalue weighted by Crippen LogP contribution is -2.30. The Morgan fingerprint density at radius 3 is 1.16 bits per heavy atom. The van der Waals surface area contributed by atoms with Crippen molar-refractivity contribution in [1.82, 2.24) is 0 Å². The van der Waals surface area contributed by atoms with Crippen molar-refractivity contribution in [3.63, 3.8) is 0 Å². The average molecular weight is 793 g/mol. The van der Waals surface area contributed by atoms with Crippen LogP contribution in [0.4, 0.5) is 0 Å². The van der Waals surface area contributed by atoms with Gasteiger partial charge in [0.15, 0.2) is 6.10 Å². The summed E-state index contributed by atoms with van der Waals surface area (Å²) >= 11 is 0. The maximum Gasteiger partial charge on any atom is 0.306 e. The fraction of sp³-hybridized carbons (Fsp3) is 0.667. The number of carbonyl (C=O) groups is 3. The first-order valence-corrected chi connectivity index (χ1v) is 23.1. The molecule has 0 rings (SSSR count). The number of hydrogen-bond acceptors (Lipinski definition) is 6. The zero-order valence-corrected chi connectivity index (χ0v) is 36.8. The highest BCUT2D eigenvalue weighted by molar-refractivity contribution is 5.71. The fourth-order valence-electron chi connectivity index (χ4n) is 6.05. The third-order valence-corrected chi connectivity index (χ3v) is 9.44.